The summed E-state index contributed by atoms with van der Waals surface area (Å²) in [6, 6.07) is 7.10. The standard InChI is InChI=1S/C21H17ClF3N7O3/c1-26-19(33)16-13(9-31(2)29-16)28-20(34)17-15(22)18-27-12(10-5-4-6-11(7-10)35-3)8-14(21(23,24)25)32(18)30-17/h4-9H,1-3H3,(H,26,33)(H,28,34). The Bertz CT molecular complexity index is 1460. The molecule has 0 unspecified atom stereocenters. The minimum Gasteiger partial charge on any atom is -0.497 e. The van der Waals surface area contributed by atoms with Crippen LogP contribution in [0.1, 0.15) is 26.7 Å². The summed E-state index contributed by atoms with van der Waals surface area (Å²) in [7, 11) is 4.33. The van der Waals surface area contributed by atoms with E-state index >= 15 is 0 Å². The van der Waals surface area contributed by atoms with Gasteiger partial charge in [-0.1, -0.05) is 23.7 Å². The van der Waals surface area contributed by atoms with Gasteiger partial charge >= 0.3 is 6.18 Å². The summed E-state index contributed by atoms with van der Waals surface area (Å²) >= 11 is 6.29. The Morgan fingerprint density at radius 1 is 1.11 bits per heavy atom. The van der Waals surface area contributed by atoms with Gasteiger partial charge < -0.3 is 15.4 Å². The number of nitrogens with zero attached hydrogens (tertiary/aromatic N) is 5. The van der Waals surface area contributed by atoms with E-state index in [1.165, 1.54) is 38.2 Å². The van der Waals surface area contributed by atoms with Crippen LogP contribution in [0, 0.1) is 0 Å². The number of anilines is 1. The third kappa shape index (κ3) is 4.49. The lowest BCUT2D eigenvalue weighted by atomic mass is 10.1. The average molecular weight is 508 g/mol. The van der Waals surface area contributed by atoms with Gasteiger partial charge in [-0.2, -0.15) is 23.4 Å². The second-order valence-corrected chi connectivity index (χ2v) is 7.63. The molecule has 10 nitrogen and oxygen atoms in total. The minimum atomic E-state index is -4.84. The van der Waals surface area contributed by atoms with E-state index in [1.54, 1.807) is 18.2 Å². The number of methoxy groups -OCH3 is 1. The van der Waals surface area contributed by atoms with Crippen molar-refractivity contribution in [3.8, 4) is 17.0 Å². The van der Waals surface area contributed by atoms with Crippen LogP contribution < -0.4 is 15.4 Å². The molecule has 4 aromatic rings. The maximum Gasteiger partial charge on any atom is 0.433 e. The molecule has 182 valence electrons. The summed E-state index contributed by atoms with van der Waals surface area (Å²) in [5, 5.41) is 12.1. The number of fused-ring (bicyclic) bond motifs is 1. The van der Waals surface area contributed by atoms with Gasteiger partial charge in [-0.25, -0.2) is 9.50 Å². The number of aryl methyl sites for hydroxylation is 1. The molecular weight excluding hydrogens is 491 g/mol. The Morgan fingerprint density at radius 3 is 2.51 bits per heavy atom. The number of benzene rings is 1. The number of rotatable bonds is 5. The van der Waals surface area contributed by atoms with Crippen LogP contribution in [0.4, 0.5) is 18.9 Å². The lowest BCUT2D eigenvalue weighted by Crippen LogP contribution is -2.22. The highest BCUT2D eigenvalue weighted by molar-refractivity contribution is 6.37. The van der Waals surface area contributed by atoms with E-state index in [9.17, 15) is 22.8 Å². The van der Waals surface area contributed by atoms with Gasteiger partial charge in [-0.05, 0) is 18.2 Å². The summed E-state index contributed by atoms with van der Waals surface area (Å²) in [5.41, 5.74) is -1.86. The molecular formula is C21H17ClF3N7O3. The highest BCUT2D eigenvalue weighted by Gasteiger charge is 2.37. The zero-order valence-corrected chi connectivity index (χ0v) is 19.2. The van der Waals surface area contributed by atoms with Gasteiger partial charge in [0.1, 0.15) is 10.8 Å². The number of carbonyl (C=O) groups excluding carboxylic acids is 2. The van der Waals surface area contributed by atoms with Crippen LogP contribution >= 0.6 is 11.6 Å². The van der Waals surface area contributed by atoms with E-state index < -0.39 is 34.4 Å². The van der Waals surface area contributed by atoms with Crippen molar-refractivity contribution >= 4 is 34.7 Å². The number of nitrogens with one attached hydrogen (secondary N) is 2. The van der Waals surface area contributed by atoms with Gasteiger partial charge in [0.05, 0.1) is 18.5 Å². The van der Waals surface area contributed by atoms with Gasteiger partial charge in [0.2, 0.25) is 0 Å². The molecule has 1 aromatic carbocycles. The van der Waals surface area contributed by atoms with Gasteiger partial charge in [0, 0.05) is 25.9 Å². The van der Waals surface area contributed by atoms with E-state index in [4.69, 9.17) is 16.3 Å². The molecule has 0 spiro atoms. The van der Waals surface area contributed by atoms with Crippen molar-refractivity contribution < 1.29 is 27.5 Å². The highest BCUT2D eigenvalue weighted by Crippen LogP contribution is 2.35. The molecule has 2 N–H and O–H groups in total. The number of halogens is 4. The first-order valence-corrected chi connectivity index (χ1v) is 10.3. The highest BCUT2D eigenvalue weighted by atomic mass is 35.5. The SMILES string of the molecule is CNC(=O)c1nn(C)cc1NC(=O)c1nn2c(C(F)(F)F)cc(-c3cccc(OC)c3)nc2c1Cl. The zero-order chi connectivity index (χ0) is 25.5. The maximum absolute atomic E-state index is 13.9. The average Bonchev–Trinajstić information content (AvgIpc) is 3.36. The third-order valence-electron chi connectivity index (χ3n) is 4.92. The topological polar surface area (TPSA) is 115 Å². The van der Waals surface area contributed by atoms with Crippen LogP contribution in [0.2, 0.25) is 5.02 Å². The fourth-order valence-electron chi connectivity index (χ4n) is 3.32. The first kappa shape index (κ1) is 24.0. The fourth-order valence-corrected chi connectivity index (χ4v) is 3.56. The molecule has 0 aliphatic heterocycles. The number of ether oxygens (including phenoxy) is 1. The molecule has 3 heterocycles. The Kier molecular flexibility index (Phi) is 6.11. The Hall–Kier alpha value is -4.13. The molecule has 2 amide bonds. The number of amides is 2. The van der Waals surface area contributed by atoms with Crippen LogP contribution in [-0.4, -0.2) is 50.4 Å². The van der Waals surface area contributed by atoms with E-state index in [0.717, 1.165) is 6.07 Å². The Morgan fingerprint density at radius 2 is 1.86 bits per heavy atom. The molecule has 0 aliphatic carbocycles. The lowest BCUT2D eigenvalue weighted by Gasteiger charge is -2.11. The number of aromatic nitrogens is 5. The van der Waals surface area contributed by atoms with Gasteiger partial charge in [0.25, 0.3) is 11.8 Å². The summed E-state index contributed by atoms with van der Waals surface area (Å²) in [6.45, 7) is 0. The summed E-state index contributed by atoms with van der Waals surface area (Å²) in [5.74, 6) is -1.11. The molecule has 4 rings (SSSR count). The van der Waals surface area contributed by atoms with Gasteiger partial charge in [-0.3, -0.25) is 14.3 Å². The number of alkyl halides is 3. The van der Waals surface area contributed by atoms with Crippen LogP contribution in [0.3, 0.4) is 0 Å². The second-order valence-electron chi connectivity index (χ2n) is 7.25. The van der Waals surface area contributed by atoms with Gasteiger partial charge in [-0.15, -0.1) is 0 Å². The van der Waals surface area contributed by atoms with E-state index in [2.05, 4.69) is 25.8 Å². The van der Waals surface area contributed by atoms with E-state index in [1.807, 2.05) is 0 Å². The Balaban J connectivity index is 1.83. The normalized spacial score (nSPS) is 11.5. The molecule has 0 radical (unpaired) electrons. The molecule has 0 saturated carbocycles. The lowest BCUT2D eigenvalue weighted by molar-refractivity contribution is -0.142. The van der Waals surface area contributed by atoms with Crippen molar-refractivity contribution in [1.29, 1.82) is 0 Å². The zero-order valence-electron chi connectivity index (χ0n) is 18.4. The summed E-state index contributed by atoms with van der Waals surface area (Å²) < 4.78 is 48.6. The van der Waals surface area contributed by atoms with Crippen LogP contribution in [0.25, 0.3) is 16.9 Å². The van der Waals surface area contributed by atoms with Crippen LogP contribution in [0.5, 0.6) is 5.75 Å². The molecule has 0 fully saturated rings. The van der Waals surface area contributed by atoms with Gasteiger partial charge in [0.15, 0.2) is 22.7 Å². The van der Waals surface area contributed by atoms with Crippen molar-refractivity contribution in [2.45, 2.75) is 6.18 Å². The first-order chi connectivity index (χ1) is 16.5. The number of carbonyl (C=O) groups is 2. The van der Waals surface area contributed by atoms with Crippen molar-refractivity contribution in [3.05, 3.63) is 58.6 Å². The number of hydrogen-bond acceptors (Lipinski definition) is 6. The molecule has 35 heavy (non-hydrogen) atoms. The van der Waals surface area contributed by atoms with Crippen molar-refractivity contribution in [2.24, 2.45) is 7.05 Å². The summed E-state index contributed by atoms with van der Waals surface area (Å²) in [4.78, 5) is 29.1. The molecule has 0 bridgehead atoms. The Labute approximate surface area is 200 Å². The predicted molar refractivity (Wildman–Crippen MR) is 120 cm³/mol. The van der Waals surface area contributed by atoms with Crippen molar-refractivity contribution in [2.75, 3.05) is 19.5 Å². The van der Waals surface area contributed by atoms with E-state index in [-0.39, 0.29) is 22.7 Å². The molecule has 0 aliphatic rings. The second kappa shape index (κ2) is 8.91. The first-order valence-electron chi connectivity index (χ1n) is 9.91. The number of hydrogen-bond donors (Lipinski definition) is 2. The fraction of sp³-hybridized carbons (Fsp3) is 0.190. The molecule has 0 atom stereocenters. The van der Waals surface area contributed by atoms with Crippen LogP contribution in [0.15, 0.2) is 36.5 Å². The summed E-state index contributed by atoms with van der Waals surface area (Å²) in [6.07, 6.45) is -3.49. The van der Waals surface area contributed by atoms with Crippen molar-refractivity contribution in [1.82, 2.24) is 29.7 Å². The van der Waals surface area contributed by atoms with Crippen molar-refractivity contribution in [3.63, 3.8) is 0 Å². The van der Waals surface area contributed by atoms with Crippen LogP contribution in [-0.2, 0) is 13.2 Å². The third-order valence-corrected chi connectivity index (χ3v) is 5.27. The molecule has 0 saturated heterocycles. The van der Waals surface area contributed by atoms with E-state index in [0.29, 0.717) is 15.8 Å². The minimum absolute atomic E-state index is 0.0195. The quantitative estimate of drug-likeness (QED) is 0.428. The smallest absolute Gasteiger partial charge is 0.433 e. The largest absolute Gasteiger partial charge is 0.497 e. The molecule has 3 aromatic heterocycles. The molecule has 14 heteroatoms. The maximum atomic E-state index is 13.9. The monoisotopic (exact) mass is 507 g/mol. The predicted octanol–water partition coefficient (Wildman–Crippen LogP) is 3.42.